The molecule has 0 saturated carbocycles. The van der Waals surface area contributed by atoms with Crippen LogP contribution in [0.15, 0.2) is 41.9 Å². The van der Waals surface area contributed by atoms with Gasteiger partial charge in [0.25, 0.3) is 0 Å². The van der Waals surface area contributed by atoms with Crippen molar-refractivity contribution in [2.75, 3.05) is 0 Å². The molecule has 0 unspecified atom stereocenters. The first kappa shape index (κ1) is 12.4. The minimum absolute atomic E-state index is 0.132. The van der Waals surface area contributed by atoms with Crippen molar-refractivity contribution in [2.24, 2.45) is 0 Å². The lowest BCUT2D eigenvalue weighted by Gasteiger charge is -2.23. The average Bonchev–Trinajstić information content (AvgIpc) is 2.85. The van der Waals surface area contributed by atoms with Crippen LogP contribution in [0.5, 0.6) is 0 Å². The van der Waals surface area contributed by atoms with Crippen molar-refractivity contribution in [3.05, 3.63) is 53.5 Å². The van der Waals surface area contributed by atoms with E-state index in [1.165, 1.54) is 21.4 Å². The van der Waals surface area contributed by atoms with E-state index in [4.69, 9.17) is 0 Å². The zero-order valence-corrected chi connectivity index (χ0v) is 12.2. The number of benzene rings is 2. The predicted molar refractivity (Wildman–Crippen MR) is 82.6 cm³/mol. The predicted octanol–water partition coefficient (Wildman–Crippen LogP) is 5.06. The summed E-state index contributed by atoms with van der Waals surface area (Å²) in [5.41, 5.74) is 6.98. The van der Waals surface area contributed by atoms with E-state index >= 15 is 0 Å². The summed E-state index contributed by atoms with van der Waals surface area (Å²) in [5.74, 6) is 0. The van der Waals surface area contributed by atoms with Gasteiger partial charge in [0.15, 0.2) is 0 Å². The first-order valence-electron chi connectivity index (χ1n) is 6.40. The highest BCUT2D eigenvalue weighted by atomic mass is 32.1. The van der Waals surface area contributed by atoms with Gasteiger partial charge in [0.2, 0.25) is 0 Å². The Bertz CT molecular complexity index is 719. The van der Waals surface area contributed by atoms with Crippen molar-refractivity contribution in [1.29, 1.82) is 0 Å². The summed E-state index contributed by atoms with van der Waals surface area (Å²) in [5, 5.41) is 0. The van der Waals surface area contributed by atoms with E-state index < -0.39 is 0 Å². The third-order valence-electron chi connectivity index (χ3n) is 3.31. The molecule has 0 spiro atoms. The molecule has 0 amide bonds. The van der Waals surface area contributed by atoms with Crippen molar-refractivity contribution in [2.45, 2.75) is 26.2 Å². The molecule has 1 heterocycles. The van der Waals surface area contributed by atoms with E-state index in [0.29, 0.717) is 0 Å². The molecule has 2 heteroatoms. The first-order chi connectivity index (χ1) is 9.05. The van der Waals surface area contributed by atoms with Gasteiger partial charge in [-0.2, -0.15) is 0 Å². The summed E-state index contributed by atoms with van der Waals surface area (Å²) in [6.07, 6.45) is 0. The van der Waals surface area contributed by atoms with Crippen LogP contribution in [-0.4, -0.2) is 4.98 Å². The van der Waals surface area contributed by atoms with E-state index in [1.54, 1.807) is 11.3 Å². The fourth-order valence-corrected chi connectivity index (χ4v) is 3.06. The van der Waals surface area contributed by atoms with Gasteiger partial charge in [-0.1, -0.05) is 39.0 Å². The second-order valence-corrected chi connectivity index (χ2v) is 6.64. The van der Waals surface area contributed by atoms with Gasteiger partial charge in [-0.05, 0) is 46.4 Å². The van der Waals surface area contributed by atoms with Gasteiger partial charge in [-0.3, -0.25) is 0 Å². The van der Waals surface area contributed by atoms with Crippen molar-refractivity contribution >= 4 is 21.6 Å². The molecule has 95 valence electrons. The maximum atomic E-state index is 4.34. The second kappa shape index (κ2) is 4.46. The number of fused-ring (bicyclic) bond motifs is 1. The molecule has 1 nitrogen and oxygen atoms in total. The van der Waals surface area contributed by atoms with Crippen molar-refractivity contribution < 1.29 is 0 Å². The Kier molecular flexibility index (Phi) is 2.90. The third-order valence-corrected chi connectivity index (χ3v) is 4.11. The second-order valence-electron chi connectivity index (χ2n) is 5.76. The quantitative estimate of drug-likeness (QED) is 0.600. The van der Waals surface area contributed by atoms with E-state index in [-0.39, 0.29) is 5.41 Å². The standard InChI is InChI=1S/C17H16NS/c1-17(2,3)14-7-5-4-6-13(14)12-8-9-15-16(10-12)19-11-18-15/h5-11H,1-3H3. The minimum Gasteiger partial charge on any atom is -0.245 e. The van der Waals surface area contributed by atoms with Gasteiger partial charge in [0, 0.05) is 0 Å². The van der Waals surface area contributed by atoms with Gasteiger partial charge in [-0.25, -0.2) is 4.98 Å². The summed E-state index contributed by atoms with van der Waals surface area (Å²) >= 11 is 1.69. The van der Waals surface area contributed by atoms with E-state index in [1.807, 2.05) is 11.6 Å². The molecule has 0 saturated heterocycles. The molecule has 0 fully saturated rings. The number of thiazole rings is 1. The van der Waals surface area contributed by atoms with Gasteiger partial charge in [0.1, 0.15) is 0 Å². The largest absolute Gasteiger partial charge is 0.245 e. The van der Waals surface area contributed by atoms with Gasteiger partial charge < -0.3 is 0 Å². The molecule has 0 bridgehead atoms. The molecule has 1 aromatic heterocycles. The van der Waals surface area contributed by atoms with Crippen LogP contribution in [0.1, 0.15) is 26.3 Å². The van der Waals surface area contributed by atoms with Crippen LogP contribution in [0.2, 0.25) is 0 Å². The summed E-state index contributed by atoms with van der Waals surface area (Å²) in [6, 6.07) is 15.9. The van der Waals surface area contributed by atoms with Crippen LogP contribution >= 0.6 is 11.3 Å². The SMILES string of the molecule is CC(C)(C)c1cc[c]cc1-c1ccc2ncsc2c1. The molecule has 2 aromatic carbocycles. The number of hydrogen-bond donors (Lipinski definition) is 0. The highest BCUT2D eigenvalue weighted by molar-refractivity contribution is 7.16. The zero-order valence-electron chi connectivity index (χ0n) is 11.4. The maximum Gasteiger partial charge on any atom is 0.0812 e. The number of rotatable bonds is 1. The molecule has 1 radical (unpaired) electrons. The molecular weight excluding hydrogens is 250 g/mol. The fraction of sp³-hybridized carbons (Fsp3) is 0.235. The van der Waals surface area contributed by atoms with Gasteiger partial charge in [0.05, 0.1) is 15.7 Å². The maximum absolute atomic E-state index is 4.34. The Morgan fingerprint density at radius 2 is 2.00 bits per heavy atom. The van der Waals surface area contributed by atoms with Gasteiger partial charge >= 0.3 is 0 Å². The smallest absolute Gasteiger partial charge is 0.0812 e. The lowest BCUT2D eigenvalue weighted by molar-refractivity contribution is 0.592. The van der Waals surface area contributed by atoms with Crippen molar-refractivity contribution in [3.8, 4) is 11.1 Å². The summed E-state index contributed by atoms with van der Waals surface area (Å²) in [6.45, 7) is 6.74. The number of nitrogens with zero attached hydrogens (tertiary/aromatic N) is 1. The third kappa shape index (κ3) is 2.28. The molecule has 0 atom stereocenters. The Morgan fingerprint density at radius 1 is 1.16 bits per heavy atom. The van der Waals surface area contributed by atoms with Crippen LogP contribution < -0.4 is 0 Å². The number of hydrogen-bond acceptors (Lipinski definition) is 2. The lowest BCUT2D eigenvalue weighted by Crippen LogP contribution is -2.12. The first-order valence-corrected chi connectivity index (χ1v) is 7.28. The molecule has 3 rings (SSSR count). The monoisotopic (exact) mass is 266 g/mol. The van der Waals surface area contributed by atoms with Crippen molar-refractivity contribution in [1.82, 2.24) is 4.98 Å². The number of aromatic nitrogens is 1. The fourth-order valence-electron chi connectivity index (χ4n) is 2.35. The molecule has 0 N–H and O–H groups in total. The van der Waals surface area contributed by atoms with E-state index in [9.17, 15) is 0 Å². The molecule has 0 aliphatic rings. The Hall–Kier alpha value is -1.67. The summed E-state index contributed by atoms with van der Waals surface area (Å²) < 4.78 is 1.24. The highest BCUT2D eigenvalue weighted by Gasteiger charge is 2.18. The summed E-state index contributed by atoms with van der Waals surface area (Å²) in [4.78, 5) is 4.34. The topological polar surface area (TPSA) is 12.9 Å². The Morgan fingerprint density at radius 3 is 2.79 bits per heavy atom. The van der Waals surface area contributed by atoms with Crippen LogP contribution in [0.25, 0.3) is 21.3 Å². The van der Waals surface area contributed by atoms with Crippen LogP contribution in [0.4, 0.5) is 0 Å². The van der Waals surface area contributed by atoms with Crippen LogP contribution in [0, 0.1) is 6.07 Å². The van der Waals surface area contributed by atoms with Gasteiger partial charge in [-0.15, -0.1) is 11.3 Å². The van der Waals surface area contributed by atoms with E-state index in [0.717, 1.165) is 5.52 Å². The average molecular weight is 266 g/mol. The van der Waals surface area contributed by atoms with E-state index in [2.05, 4.69) is 62.2 Å². The molecule has 0 aliphatic carbocycles. The van der Waals surface area contributed by atoms with Crippen molar-refractivity contribution in [3.63, 3.8) is 0 Å². The molecular formula is C17H16NS. The van der Waals surface area contributed by atoms with Crippen LogP contribution in [-0.2, 0) is 5.41 Å². The zero-order chi connectivity index (χ0) is 13.5. The highest BCUT2D eigenvalue weighted by Crippen LogP contribution is 2.34. The Labute approximate surface area is 117 Å². The molecule has 0 aliphatic heterocycles. The van der Waals surface area contributed by atoms with Crippen LogP contribution in [0.3, 0.4) is 0 Å². The lowest BCUT2D eigenvalue weighted by atomic mass is 9.82. The minimum atomic E-state index is 0.132. The normalized spacial score (nSPS) is 11.9. The summed E-state index contributed by atoms with van der Waals surface area (Å²) in [7, 11) is 0. The Balaban J connectivity index is 2.21. The molecule has 3 aromatic rings. The molecule has 19 heavy (non-hydrogen) atoms.